The summed E-state index contributed by atoms with van der Waals surface area (Å²) in [6, 6.07) is 3.56. The summed E-state index contributed by atoms with van der Waals surface area (Å²) in [7, 11) is 0. The molecule has 0 aliphatic carbocycles. The van der Waals surface area contributed by atoms with Gasteiger partial charge in [-0.25, -0.2) is 15.0 Å². The third kappa shape index (κ3) is 4.60. The van der Waals surface area contributed by atoms with Crippen LogP contribution in [0.1, 0.15) is 23.7 Å². The number of hydrogen-bond donors (Lipinski definition) is 3. The molecule has 0 radical (unpaired) electrons. The highest BCUT2D eigenvalue weighted by Gasteiger charge is 2.34. The van der Waals surface area contributed by atoms with Gasteiger partial charge in [0.15, 0.2) is 5.82 Å². The Bertz CT molecular complexity index is 1170. The molecule has 1 amide bonds. The molecule has 3 aromatic heterocycles. The normalized spacial score (nSPS) is 11.9. The Kier molecular flexibility index (Phi) is 5.54. The van der Waals surface area contributed by atoms with Crippen LogP contribution in [-0.4, -0.2) is 44.1 Å². The molecule has 0 saturated carbocycles. The minimum Gasteiger partial charge on any atom is -0.355 e. The molecular weight excluding hydrogens is 423 g/mol. The van der Waals surface area contributed by atoms with Gasteiger partial charge in [0, 0.05) is 27.6 Å². The van der Waals surface area contributed by atoms with Gasteiger partial charge in [-0.2, -0.15) is 18.4 Å². The molecule has 3 heterocycles. The van der Waals surface area contributed by atoms with Crippen molar-refractivity contribution in [2.45, 2.75) is 25.6 Å². The average molecular weight is 444 g/mol. The summed E-state index contributed by atoms with van der Waals surface area (Å²) < 4.78 is 37.2. The van der Waals surface area contributed by atoms with Crippen molar-refractivity contribution >= 4 is 34.4 Å². The fourth-order valence-corrected chi connectivity index (χ4v) is 2.76. The maximum atomic E-state index is 12.4. The van der Waals surface area contributed by atoms with Crippen LogP contribution in [0.2, 0.25) is 5.02 Å². The number of amides is 1. The Hall–Kier alpha value is -3.39. The summed E-state index contributed by atoms with van der Waals surface area (Å²) in [6.45, 7) is 1.27. The van der Waals surface area contributed by atoms with Gasteiger partial charge in [0.25, 0.3) is 0 Å². The number of carbonyl (C=O) groups excluding carboxylic acids is 1. The quantitative estimate of drug-likeness (QED) is 0.545. The predicted octanol–water partition coefficient (Wildman–Crippen LogP) is 4.15. The number of nitriles is 1. The first-order valence-corrected chi connectivity index (χ1v) is 8.91. The number of nitrogens with zero attached hydrogens (tertiary/aromatic N) is 4. The molecular formula is C18H21ClF3N7O. The van der Waals surface area contributed by atoms with Gasteiger partial charge in [0.1, 0.15) is 35.2 Å². The van der Waals surface area contributed by atoms with E-state index in [0.717, 1.165) is 0 Å². The number of carbonyl (C=O) groups is 1. The molecule has 0 spiro atoms. The maximum Gasteiger partial charge on any atom is 0.405 e. The molecule has 30 heavy (non-hydrogen) atoms. The van der Waals surface area contributed by atoms with Crippen LogP contribution in [-0.2, 0) is 4.79 Å². The lowest BCUT2D eigenvalue weighted by Crippen LogP contribution is -2.50. The third-order valence-corrected chi connectivity index (χ3v) is 4.30. The Balaban J connectivity index is 0.00000341. The van der Waals surface area contributed by atoms with E-state index in [9.17, 15) is 23.2 Å². The molecule has 8 nitrogen and oxygen atoms in total. The number of halogens is 4. The van der Waals surface area contributed by atoms with E-state index < -0.39 is 24.2 Å². The molecule has 3 N–H and O–H groups in total. The molecule has 0 aliphatic rings. The fourth-order valence-electron chi connectivity index (χ4n) is 2.61. The van der Waals surface area contributed by atoms with Crippen molar-refractivity contribution in [1.82, 2.24) is 25.3 Å². The minimum absolute atomic E-state index is 0. The van der Waals surface area contributed by atoms with Gasteiger partial charge in [0.2, 0.25) is 5.91 Å². The first kappa shape index (κ1) is 21.3. The summed E-state index contributed by atoms with van der Waals surface area (Å²) in [4.78, 5) is 27.8. The van der Waals surface area contributed by atoms with E-state index in [0.29, 0.717) is 21.6 Å². The van der Waals surface area contributed by atoms with Gasteiger partial charge in [-0.3, -0.25) is 4.79 Å². The average Bonchev–Trinajstić information content (AvgIpc) is 3.08. The molecule has 0 aromatic carbocycles. The van der Waals surface area contributed by atoms with Crippen LogP contribution < -0.4 is 10.6 Å². The SMILES string of the molecule is CC(C)(Nc1nc(-c2c[nH]c3ncc(Cl)cc23)ncc1C#N)C(=O)NCC(F)(F)F.[HH].[HH].[HH]. The number of H-pyrrole nitrogens is 1. The number of alkyl halides is 3. The highest BCUT2D eigenvalue weighted by molar-refractivity contribution is 6.31. The zero-order valence-electron chi connectivity index (χ0n) is 15.7. The van der Waals surface area contributed by atoms with Gasteiger partial charge >= 0.3 is 6.18 Å². The number of rotatable bonds is 5. The second kappa shape index (κ2) is 7.79. The Morgan fingerprint density at radius 1 is 1.33 bits per heavy atom. The molecule has 3 rings (SSSR count). The number of aromatic amines is 1. The zero-order valence-corrected chi connectivity index (χ0v) is 16.5. The van der Waals surface area contributed by atoms with E-state index >= 15 is 0 Å². The van der Waals surface area contributed by atoms with Crippen molar-refractivity contribution in [3.63, 3.8) is 0 Å². The summed E-state index contributed by atoms with van der Waals surface area (Å²) in [5, 5.41) is 14.9. The largest absolute Gasteiger partial charge is 0.405 e. The van der Waals surface area contributed by atoms with E-state index in [1.165, 1.54) is 26.2 Å². The van der Waals surface area contributed by atoms with Gasteiger partial charge in [0.05, 0.1) is 11.2 Å². The second-order valence-corrected chi connectivity index (χ2v) is 7.30. The lowest BCUT2D eigenvalue weighted by atomic mass is 10.0. The highest BCUT2D eigenvalue weighted by atomic mass is 35.5. The maximum absolute atomic E-state index is 12.4. The van der Waals surface area contributed by atoms with Gasteiger partial charge in [-0.15, -0.1) is 0 Å². The van der Waals surface area contributed by atoms with Crippen LogP contribution in [0, 0.1) is 11.3 Å². The molecule has 0 atom stereocenters. The Morgan fingerprint density at radius 3 is 2.73 bits per heavy atom. The number of pyridine rings is 1. The molecule has 162 valence electrons. The van der Waals surface area contributed by atoms with E-state index in [4.69, 9.17) is 11.6 Å². The summed E-state index contributed by atoms with van der Waals surface area (Å²) in [5.41, 5.74) is -0.380. The van der Waals surface area contributed by atoms with Crippen LogP contribution in [0.4, 0.5) is 19.0 Å². The number of anilines is 1. The van der Waals surface area contributed by atoms with Crippen LogP contribution in [0.5, 0.6) is 0 Å². The molecule has 0 unspecified atom stereocenters. The lowest BCUT2D eigenvalue weighted by molar-refractivity contribution is -0.140. The van der Waals surface area contributed by atoms with Crippen molar-refractivity contribution < 1.29 is 22.2 Å². The van der Waals surface area contributed by atoms with Crippen molar-refractivity contribution in [3.8, 4) is 17.5 Å². The van der Waals surface area contributed by atoms with E-state index in [1.807, 2.05) is 11.4 Å². The molecule has 0 fully saturated rings. The third-order valence-electron chi connectivity index (χ3n) is 4.10. The Morgan fingerprint density at radius 2 is 2.07 bits per heavy atom. The van der Waals surface area contributed by atoms with Crippen LogP contribution in [0.15, 0.2) is 24.7 Å². The predicted molar refractivity (Wildman–Crippen MR) is 110 cm³/mol. The number of hydrogen-bond acceptors (Lipinski definition) is 6. The summed E-state index contributed by atoms with van der Waals surface area (Å²) in [6.07, 6.45) is -0.208. The first-order valence-electron chi connectivity index (χ1n) is 8.53. The number of fused-ring (bicyclic) bond motifs is 1. The van der Waals surface area contributed by atoms with Crippen molar-refractivity contribution in [2.24, 2.45) is 0 Å². The zero-order chi connectivity index (χ0) is 22.1. The topological polar surface area (TPSA) is 119 Å². The van der Waals surface area contributed by atoms with Crippen LogP contribution in [0.25, 0.3) is 22.4 Å². The monoisotopic (exact) mass is 443 g/mol. The smallest absolute Gasteiger partial charge is 0.355 e. The summed E-state index contributed by atoms with van der Waals surface area (Å²) in [5.74, 6) is -0.704. The Labute approximate surface area is 178 Å². The standard InChI is InChI=1S/C18H15ClF3N7O.3H2/c1-17(2,16(30)27-8-18(20,21)22)29-13-9(4-23)5-24-15(28-13)12-7-26-14-11(12)3-10(19)6-25-14;;;/h3,5-7H,8H2,1-2H3,(H,25,26)(H,27,30)(H,24,28,29);3*1H. The highest BCUT2D eigenvalue weighted by Crippen LogP contribution is 2.29. The molecule has 12 heteroatoms. The van der Waals surface area contributed by atoms with Crippen molar-refractivity contribution in [3.05, 3.63) is 35.2 Å². The van der Waals surface area contributed by atoms with Crippen LogP contribution in [0.3, 0.4) is 0 Å². The van der Waals surface area contributed by atoms with E-state index in [1.54, 1.807) is 12.3 Å². The number of nitrogens with one attached hydrogen (secondary N) is 3. The fraction of sp³-hybridized carbons (Fsp3) is 0.278. The molecule has 0 saturated heterocycles. The van der Waals surface area contributed by atoms with E-state index in [-0.39, 0.29) is 21.5 Å². The van der Waals surface area contributed by atoms with Gasteiger partial charge in [-0.1, -0.05) is 11.6 Å². The molecule has 0 aliphatic heterocycles. The first-order chi connectivity index (χ1) is 14.0. The summed E-state index contributed by atoms with van der Waals surface area (Å²) >= 11 is 6.00. The number of aromatic nitrogens is 4. The van der Waals surface area contributed by atoms with Gasteiger partial charge < -0.3 is 15.6 Å². The van der Waals surface area contributed by atoms with Crippen molar-refractivity contribution in [1.29, 1.82) is 5.26 Å². The van der Waals surface area contributed by atoms with E-state index in [2.05, 4.69) is 25.3 Å². The van der Waals surface area contributed by atoms with Gasteiger partial charge in [-0.05, 0) is 19.9 Å². The second-order valence-electron chi connectivity index (χ2n) is 6.87. The lowest BCUT2D eigenvalue weighted by Gasteiger charge is -2.26. The van der Waals surface area contributed by atoms with Crippen LogP contribution >= 0.6 is 11.6 Å². The minimum atomic E-state index is -4.55. The molecule has 0 bridgehead atoms. The van der Waals surface area contributed by atoms with Crippen molar-refractivity contribution in [2.75, 3.05) is 11.9 Å². The molecule has 3 aromatic rings.